The van der Waals surface area contributed by atoms with Gasteiger partial charge in [-0.25, -0.2) is 14.1 Å². The first-order valence-electron chi connectivity index (χ1n) is 19.7. The summed E-state index contributed by atoms with van der Waals surface area (Å²) in [6.45, 7) is 2.17. The Kier molecular flexibility index (Phi) is 19.2. The molecule has 14 nitrogen and oxygen atoms in total. The minimum absolute atomic E-state index is 0.0900. The molecular weight excluding hydrogens is 725 g/mol. The van der Waals surface area contributed by atoms with Gasteiger partial charge in [0.2, 0.25) is 5.60 Å². The van der Waals surface area contributed by atoms with Crippen molar-refractivity contribution in [3.05, 3.63) is 72.2 Å². The summed E-state index contributed by atoms with van der Waals surface area (Å²) in [4.78, 5) is 14.5. The molecule has 0 spiro atoms. The molecule has 0 saturated carbocycles. The van der Waals surface area contributed by atoms with E-state index in [9.17, 15) is 24.9 Å². The Morgan fingerprint density at radius 3 is 2.33 bits per heavy atom. The summed E-state index contributed by atoms with van der Waals surface area (Å²) in [5.41, 5.74) is 5.19. The normalized spacial score (nSPS) is 21.6. The highest BCUT2D eigenvalue weighted by Crippen LogP contribution is 2.46. The average molecular weight is 786 g/mol. The van der Waals surface area contributed by atoms with Gasteiger partial charge in [-0.15, -0.1) is 0 Å². The lowest BCUT2D eigenvalue weighted by molar-refractivity contribution is -0.0690. The van der Waals surface area contributed by atoms with Crippen LogP contribution in [0.15, 0.2) is 60.9 Å². The highest BCUT2D eigenvalue weighted by Gasteiger charge is 2.58. The van der Waals surface area contributed by atoms with Crippen LogP contribution in [-0.2, 0) is 40.0 Å². The maximum absolute atomic E-state index is 13.0. The molecule has 0 radical (unpaired) electrons. The summed E-state index contributed by atoms with van der Waals surface area (Å²) >= 11 is 0. The van der Waals surface area contributed by atoms with E-state index in [4.69, 9.17) is 29.0 Å². The zero-order chi connectivity index (χ0) is 39.4. The number of nitrogen functional groups attached to an aromatic ring is 1. The van der Waals surface area contributed by atoms with Crippen molar-refractivity contribution in [2.45, 2.75) is 133 Å². The first kappa shape index (κ1) is 44.5. The maximum Gasteiger partial charge on any atom is 0.472 e. The van der Waals surface area contributed by atoms with Crippen molar-refractivity contribution >= 4 is 19.2 Å². The number of aliphatic hydroxyl groups is 2. The van der Waals surface area contributed by atoms with Crippen LogP contribution < -0.4 is 5.73 Å². The number of allylic oxidation sites excluding steroid dienone is 2. The minimum atomic E-state index is -4.71. The summed E-state index contributed by atoms with van der Waals surface area (Å²) in [6.07, 6.45) is 17.5. The third-order valence-electron chi connectivity index (χ3n) is 9.74. The molecule has 15 heteroatoms. The minimum Gasteiger partial charge on any atom is -0.387 e. The largest absolute Gasteiger partial charge is 0.472 e. The lowest BCUT2D eigenvalue weighted by Crippen LogP contribution is -2.41. The number of fused-ring (bicyclic) bond motifs is 1. The molecule has 1 fully saturated rings. The summed E-state index contributed by atoms with van der Waals surface area (Å²) in [5, 5.41) is 36.0. The smallest absolute Gasteiger partial charge is 0.387 e. The molecule has 6 atom stereocenters. The second-order valence-corrected chi connectivity index (χ2v) is 15.5. The molecule has 4 rings (SSSR count). The first-order chi connectivity index (χ1) is 26.7. The van der Waals surface area contributed by atoms with Crippen LogP contribution in [0.25, 0.3) is 5.52 Å². The zero-order valence-corrected chi connectivity index (χ0v) is 33.0. The number of hydrogen-bond donors (Lipinski definition) is 4. The monoisotopic (exact) mass is 785 g/mol. The second-order valence-electron chi connectivity index (χ2n) is 14.1. The summed E-state index contributed by atoms with van der Waals surface area (Å²) in [5.74, 6) is 0.135. The van der Waals surface area contributed by atoms with Gasteiger partial charge in [0.1, 0.15) is 42.3 Å². The Balaban J connectivity index is 1.16. The van der Waals surface area contributed by atoms with Gasteiger partial charge < -0.3 is 35.1 Å². The van der Waals surface area contributed by atoms with E-state index in [1.54, 1.807) is 6.07 Å². The Hall–Kier alpha value is -3.22. The number of anilines is 1. The Bertz CT molecular complexity index is 1650. The van der Waals surface area contributed by atoms with Crippen LogP contribution in [0.3, 0.4) is 0 Å². The Morgan fingerprint density at radius 1 is 0.964 bits per heavy atom. The van der Waals surface area contributed by atoms with Crippen molar-refractivity contribution in [3.63, 3.8) is 0 Å². The van der Waals surface area contributed by atoms with E-state index in [1.165, 1.54) is 81.1 Å². The third kappa shape index (κ3) is 14.0. The molecule has 1 aromatic carbocycles. The predicted octanol–water partition coefficient (Wildman–Crippen LogP) is 6.92. The van der Waals surface area contributed by atoms with Crippen LogP contribution in [0, 0.1) is 11.3 Å². The van der Waals surface area contributed by atoms with Crippen molar-refractivity contribution in [1.29, 1.82) is 5.26 Å². The number of benzene rings is 1. The molecule has 1 aliphatic rings. The number of hydrogen-bond acceptors (Lipinski definition) is 12. The van der Waals surface area contributed by atoms with Crippen LogP contribution in [-0.4, -0.2) is 80.5 Å². The van der Waals surface area contributed by atoms with E-state index in [2.05, 4.69) is 29.2 Å². The summed E-state index contributed by atoms with van der Waals surface area (Å²) < 4.78 is 42.4. The van der Waals surface area contributed by atoms with Crippen LogP contribution >= 0.6 is 7.82 Å². The highest BCUT2D eigenvalue weighted by molar-refractivity contribution is 7.47. The van der Waals surface area contributed by atoms with E-state index in [1.807, 2.05) is 36.4 Å². The van der Waals surface area contributed by atoms with Crippen LogP contribution in [0.4, 0.5) is 5.82 Å². The summed E-state index contributed by atoms with van der Waals surface area (Å²) in [6, 6.07) is 14.4. The Morgan fingerprint density at radius 2 is 1.64 bits per heavy atom. The van der Waals surface area contributed by atoms with Gasteiger partial charge in [-0.3, -0.25) is 9.05 Å². The molecule has 1 saturated heterocycles. The molecule has 1 aliphatic heterocycles. The molecule has 2 aromatic heterocycles. The molecule has 0 aliphatic carbocycles. The van der Waals surface area contributed by atoms with Crippen LogP contribution in [0.2, 0.25) is 0 Å². The van der Waals surface area contributed by atoms with E-state index < -0.39 is 44.4 Å². The predicted molar refractivity (Wildman–Crippen MR) is 209 cm³/mol. The van der Waals surface area contributed by atoms with Gasteiger partial charge in [-0.2, -0.15) is 10.4 Å². The van der Waals surface area contributed by atoms with Crippen molar-refractivity contribution in [1.82, 2.24) is 14.6 Å². The lowest BCUT2D eigenvalue weighted by Gasteiger charge is -2.24. The molecule has 1 unspecified atom stereocenters. The van der Waals surface area contributed by atoms with Crippen LogP contribution in [0.1, 0.15) is 108 Å². The van der Waals surface area contributed by atoms with E-state index in [-0.39, 0.29) is 31.3 Å². The van der Waals surface area contributed by atoms with Gasteiger partial charge in [0.15, 0.2) is 5.82 Å². The van der Waals surface area contributed by atoms with Crippen molar-refractivity contribution in [2.24, 2.45) is 0 Å². The fraction of sp³-hybridized carbons (Fsp3) is 0.625. The number of nitrogens with zero attached hydrogens (tertiary/aromatic N) is 4. The zero-order valence-electron chi connectivity index (χ0n) is 32.1. The first-order valence-corrected chi connectivity index (χ1v) is 21.2. The van der Waals surface area contributed by atoms with Crippen molar-refractivity contribution < 1.29 is 42.9 Å². The molecule has 3 aromatic rings. The number of phosphoric ester groups is 1. The quantitative estimate of drug-likeness (QED) is 0.0336. The van der Waals surface area contributed by atoms with Gasteiger partial charge in [-0.05, 0) is 49.8 Å². The van der Waals surface area contributed by atoms with Gasteiger partial charge in [0.05, 0.1) is 32.1 Å². The van der Waals surface area contributed by atoms with Crippen LogP contribution in [0.5, 0.6) is 0 Å². The fourth-order valence-electron chi connectivity index (χ4n) is 6.53. The molecule has 55 heavy (non-hydrogen) atoms. The SMILES string of the molecule is CCCCCCCC/C=C\CCCCCCCCOC[C@H](COP(=O)(O)OC[C@H]1O[C@@](C#N)(c2ccc3c(N)ncnn23)[C@H](O)[C@@H]1O)OCc1ccccc1. The van der Waals surface area contributed by atoms with Gasteiger partial charge in [0, 0.05) is 6.61 Å². The number of ether oxygens (including phenoxy) is 3. The van der Waals surface area contributed by atoms with Crippen molar-refractivity contribution in [2.75, 3.05) is 32.2 Å². The van der Waals surface area contributed by atoms with E-state index in [0.29, 0.717) is 12.1 Å². The number of aliphatic hydroxyl groups excluding tert-OH is 2. The fourth-order valence-corrected chi connectivity index (χ4v) is 7.30. The molecule has 3 heterocycles. The molecule has 0 amide bonds. The van der Waals surface area contributed by atoms with Gasteiger partial charge in [0.25, 0.3) is 0 Å². The number of aromatic nitrogens is 3. The average Bonchev–Trinajstić information content (AvgIpc) is 3.74. The van der Waals surface area contributed by atoms with Crippen molar-refractivity contribution in [3.8, 4) is 6.07 Å². The number of rotatable bonds is 28. The van der Waals surface area contributed by atoms with Gasteiger partial charge >= 0.3 is 7.82 Å². The topological polar surface area (TPSA) is 204 Å². The van der Waals surface area contributed by atoms with Gasteiger partial charge in [-0.1, -0.05) is 107 Å². The third-order valence-corrected chi connectivity index (χ3v) is 10.7. The Labute approximate surface area is 325 Å². The number of nitrogens with two attached hydrogens (primary N) is 1. The number of phosphoric acid groups is 1. The molecular formula is C40H60N5O9P. The maximum atomic E-state index is 13.0. The highest BCUT2D eigenvalue weighted by atomic mass is 31.2. The molecule has 304 valence electrons. The van der Waals surface area contributed by atoms with E-state index >= 15 is 0 Å². The van der Waals surface area contributed by atoms with E-state index in [0.717, 1.165) is 31.2 Å². The second kappa shape index (κ2) is 23.8. The lowest BCUT2D eigenvalue weighted by atomic mass is 9.92. The number of nitriles is 1. The number of unbranched alkanes of at least 4 members (excludes halogenated alkanes) is 12. The molecule has 0 bridgehead atoms. The summed E-state index contributed by atoms with van der Waals surface area (Å²) in [7, 11) is -4.71. The standard InChI is InChI=1S/C40H60N5O9P/c1-2-3-4-5-6-7-8-9-10-11-12-13-14-15-16-20-25-50-27-33(51-26-32-21-18-17-19-22-32)28-52-55(48,49)53-29-35-37(46)38(47)40(30-41,54-35)36-24-23-34-39(42)43-31-44-45(34)36/h9-10,17-19,21-24,31,33,35,37-38,46-47H,2-8,11-16,20,25-29H2,1H3,(H,48,49)(H2,42,43,44)/b10-9-/t33-,35-,37-,38-,40+/m1/s1. The molecule has 5 N–H and O–H groups in total.